The molecule has 0 radical (unpaired) electrons. The number of hydrogen-bond donors (Lipinski definition) is 0. The number of rotatable bonds is 3. The lowest BCUT2D eigenvalue weighted by Gasteiger charge is -2.07. The molecule has 2 rings (SSSR count). The number of ether oxygens (including phenoxy) is 3. The molecule has 1 saturated heterocycles. The first-order chi connectivity index (χ1) is 7.79. The third-order valence-electron chi connectivity index (χ3n) is 2.17. The van der Waals surface area contributed by atoms with Crippen LogP contribution in [0.15, 0.2) is 12.4 Å². The van der Waals surface area contributed by atoms with Crippen molar-refractivity contribution in [3.63, 3.8) is 0 Å². The lowest BCUT2D eigenvalue weighted by molar-refractivity contribution is -0.0406. The van der Waals surface area contributed by atoms with Gasteiger partial charge in [-0.1, -0.05) is 0 Å². The van der Waals surface area contributed by atoms with E-state index < -0.39 is 5.97 Å². The summed E-state index contributed by atoms with van der Waals surface area (Å²) in [6, 6.07) is 0. The molecule has 0 saturated carbocycles. The Morgan fingerprint density at radius 1 is 1.44 bits per heavy atom. The van der Waals surface area contributed by atoms with Gasteiger partial charge in [-0.3, -0.25) is 4.98 Å². The molecule has 0 atom stereocenters. The van der Waals surface area contributed by atoms with E-state index in [0.717, 1.165) is 5.69 Å². The summed E-state index contributed by atoms with van der Waals surface area (Å²) < 4.78 is 15.1. The van der Waals surface area contributed by atoms with E-state index in [1.807, 2.05) is 0 Å². The number of methoxy groups -OCH3 is 1. The van der Waals surface area contributed by atoms with Crippen LogP contribution < -0.4 is 0 Å². The summed E-state index contributed by atoms with van der Waals surface area (Å²) >= 11 is 0. The molecule has 0 N–H and O–H groups in total. The molecule has 0 aliphatic carbocycles. The van der Waals surface area contributed by atoms with E-state index in [1.54, 1.807) is 0 Å². The van der Waals surface area contributed by atoms with Gasteiger partial charge in [-0.05, 0) is 0 Å². The molecule has 0 bridgehead atoms. The quantitative estimate of drug-likeness (QED) is 0.682. The van der Waals surface area contributed by atoms with Gasteiger partial charge in [0.25, 0.3) is 0 Å². The maximum Gasteiger partial charge on any atom is 0.358 e. The van der Waals surface area contributed by atoms with Gasteiger partial charge in [-0.15, -0.1) is 0 Å². The van der Waals surface area contributed by atoms with Crippen molar-refractivity contribution < 1.29 is 19.0 Å². The van der Waals surface area contributed by atoms with Crippen LogP contribution in [0.4, 0.5) is 0 Å². The molecule has 6 nitrogen and oxygen atoms in total. The minimum atomic E-state index is -0.493. The molecule has 1 aliphatic rings. The van der Waals surface area contributed by atoms with Crippen LogP contribution in [-0.4, -0.2) is 42.6 Å². The van der Waals surface area contributed by atoms with Crippen molar-refractivity contribution in [2.24, 2.45) is 0 Å². The molecule has 0 amide bonds. The fourth-order valence-corrected chi connectivity index (χ4v) is 1.37. The van der Waals surface area contributed by atoms with Crippen molar-refractivity contribution in [3.05, 3.63) is 23.8 Å². The number of carbonyl (C=O) groups excluding carboxylic acids is 1. The number of esters is 1. The fourth-order valence-electron chi connectivity index (χ4n) is 1.37. The highest BCUT2D eigenvalue weighted by Gasteiger charge is 2.17. The van der Waals surface area contributed by atoms with Crippen molar-refractivity contribution in [2.75, 3.05) is 20.3 Å². The summed E-state index contributed by atoms with van der Waals surface area (Å²) in [4.78, 5) is 19.1. The minimum absolute atomic E-state index is 0.194. The molecule has 6 heteroatoms. The molecular formula is C10H12N2O4. The molecule has 2 heterocycles. The highest BCUT2D eigenvalue weighted by Crippen LogP contribution is 2.09. The predicted molar refractivity (Wildman–Crippen MR) is 52.8 cm³/mol. The third-order valence-corrected chi connectivity index (χ3v) is 2.17. The molecule has 1 aliphatic heterocycles. The van der Waals surface area contributed by atoms with Gasteiger partial charge < -0.3 is 14.2 Å². The van der Waals surface area contributed by atoms with Crippen molar-refractivity contribution in [1.82, 2.24) is 9.97 Å². The fraction of sp³-hybridized carbons (Fsp3) is 0.500. The monoisotopic (exact) mass is 224 g/mol. The van der Waals surface area contributed by atoms with Crippen LogP contribution in [0.1, 0.15) is 16.2 Å². The molecular weight excluding hydrogens is 212 g/mol. The minimum Gasteiger partial charge on any atom is -0.464 e. The highest BCUT2D eigenvalue weighted by molar-refractivity contribution is 5.86. The Hall–Kier alpha value is -1.53. The van der Waals surface area contributed by atoms with Gasteiger partial charge in [0.2, 0.25) is 0 Å². The Balaban J connectivity index is 1.98. The standard InChI is InChI=1S/C10H12N2O4/c1-14-10(13)8-6-11-7(5-12-8)4-9-15-2-3-16-9/h5-6,9H,2-4H2,1H3. The first-order valence-corrected chi connectivity index (χ1v) is 4.92. The van der Waals surface area contributed by atoms with Crippen molar-refractivity contribution >= 4 is 5.97 Å². The highest BCUT2D eigenvalue weighted by atomic mass is 16.7. The Labute approximate surface area is 92.6 Å². The van der Waals surface area contributed by atoms with E-state index in [0.29, 0.717) is 19.6 Å². The van der Waals surface area contributed by atoms with Gasteiger partial charge in [0.05, 0.1) is 32.2 Å². The molecule has 0 spiro atoms. The summed E-state index contributed by atoms with van der Waals surface area (Å²) in [6.45, 7) is 1.22. The number of nitrogens with zero attached hydrogens (tertiary/aromatic N) is 2. The lowest BCUT2D eigenvalue weighted by Crippen LogP contribution is -2.13. The van der Waals surface area contributed by atoms with Crippen LogP contribution in [0.3, 0.4) is 0 Å². The van der Waals surface area contributed by atoms with Gasteiger partial charge >= 0.3 is 5.97 Å². The lowest BCUT2D eigenvalue weighted by atomic mass is 10.3. The van der Waals surface area contributed by atoms with Crippen LogP contribution in [0.2, 0.25) is 0 Å². The zero-order valence-electron chi connectivity index (χ0n) is 8.88. The number of aromatic nitrogens is 2. The first-order valence-electron chi connectivity index (χ1n) is 4.92. The van der Waals surface area contributed by atoms with E-state index in [2.05, 4.69) is 14.7 Å². The molecule has 86 valence electrons. The first kappa shape index (κ1) is 11.0. The van der Waals surface area contributed by atoms with Crippen LogP contribution in [-0.2, 0) is 20.6 Å². The summed E-state index contributed by atoms with van der Waals surface area (Å²) in [5, 5.41) is 0. The Kier molecular flexibility index (Phi) is 3.43. The second-order valence-corrected chi connectivity index (χ2v) is 3.26. The van der Waals surface area contributed by atoms with Crippen molar-refractivity contribution in [3.8, 4) is 0 Å². The molecule has 1 fully saturated rings. The normalized spacial score (nSPS) is 16.3. The topological polar surface area (TPSA) is 70.5 Å². The third kappa shape index (κ3) is 2.53. The SMILES string of the molecule is COC(=O)c1cnc(CC2OCCO2)cn1. The van der Waals surface area contributed by atoms with Gasteiger partial charge in [-0.25, -0.2) is 9.78 Å². The maximum absolute atomic E-state index is 11.1. The van der Waals surface area contributed by atoms with Crippen molar-refractivity contribution in [1.29, 1.82) is 0 Å². The summed E-state index contributed by atoms with van der Waals surface area (Å²) in [6.07, 6.45) is 3.19. The zero-order chi connectivity index (χ0) is 11.4. The summed E-state index contributed by atoms with van der Waals surface area (Å²) in [5.74, 6) is -0.493. The Morgan fingerprint density at radius 2 is 2.19 bits per heavy atom. The number of carbonyl (C=O) groups is 1. The number of hydrogen-bond acceptors (Lipinski definition) is 6. The van der Waals surface area contributed by atoms with E-state index in [4.69, 9.17) is 9.47 Å². The van der Waals surface area contributed by atoms with Crippen LogP contribution in [0.5, 0.6) is 0 Å². The average Bonchev–Trinajstić information content (AvgIpc) is 2.82. The average molecular weight is 224 g/mol. The molecule has 0 aromatic carbocycles. The molecule has 1 aromatic rings. The van der Waals surface area contributed by atoms with E-state index in [9.17, 15) is 4.79 Å². The molecule has 16 heavy (non-hydrogen) atoms. The van der Waals surface area contributed by atoms with E-state index in [-0.39, 0.29) is 12.0 Å². The van der Waals surface area contributed by atoms with Gasteiger partial charge in [0.15, 0.2) is 12.0 Å². The van der Waals surface area contributed by atoms with Crippen LogP contribution in [0.25, 0.3) is 0 Å². The second-order valence-electron chi connectivity index (χ2n) is 3.26. The Bertz CT molecular complexity index is 360. The van der Waals surface area contributed by atoms with E-state index >= 15 is 0 Å². The van der Waals surface area contributed by atoms with Gasteiger partial charge in [0, 0.05) is 12.6 Å². The summed E-state index contributed by atoms with van der Waals surface area (Å²) in [7, 11) is 1.30. The maximum atomic E-state index is 11.1. The zero-order valence-corrected chi connectivity index (χ0v) is 8.88. The van der Waals surface area contributed by atoms with Gasteiger partial charge in [-0.2, -0.15) is 0 Å². The summed E-state index contributed by atoms with van der Waals surface area (Å²) in [5.41, 5.74) is 0.916. The van der Waals surface area contributed by atoms with Crippen LogP contribution >= 0.6 is 0 Å². The van der Waals surface area contributed by atoms with Crippen LogP contribution in [0, 0.1) is 0 Å². The Morgan fingerprint density at radius 3 is 2.75 bits per heavy atom. The second kappa shape index (κ2) is 5.00. The molecule has 0 unspecified atom stereocenters. The predicted octanol–water partition coefficient (Wildman–Crippen LogP) is 0.179. The van der Waals surface area contributed by atoms with E-state index in [1.165, 1.54) is 19.5 Å². The van der Waals surface area contributed by atoms with Crippen molar-refractivity contribution in [2.45, 2.75) is 12.7 Å². The smallest absolute Gasteiger partial charge is 0.358 e. The molecule has 1 aromatic heterocycles. The van der Waals surface area contributed by atoms with Gasteiger partial charge in [0.1, 0.15) is 0 Å². The largest absolute Gasteiger partial charge is 0.464 e.